The van der Waals surface area contributed by atoms with Gasteiger partial charge in [0.15, 0.2) is 0 Å². The fraction of sp³-hybridized carbons (Fsp3) is 0.455. The maximum atomic E-state index is 13.3. The molecule has 1 aliphatic carbocycles. The molecule has 2 fully saturated rings. The lowest BCUT2D eigenvalue weighted by Gasteiger charge is -2.22. The molecule has 0 bridgehead atoms. The minimum absolute atomic E-state index is 0.131. The third-order valence-electron chi connectivity index (χ3n) is 6.00. The fourth-order valence-electron chi connectivity index (χ4n) is 4.21. The van der Waals surface area contributed by atoms with E-state index in [2.05, 4.69) is 20.6 Å². The molecule has 2 N–H and O–H groups in total. The first-order chi connectivity index (χ1) is 15.8. The van der Waals surface area contributed by atoms with Crippen LogP contribution in [0.25, 0.3) is 17.0 Å². The van der Waals surface area contributed by atoms with Crippen LogP contribution in [0.2, 0.25) is 0 Å². The molecule has 176 valence electrons. The van der Waals surface area contributed by atoms with Crippen molar-refractivity contribution in [2.45, 2.75) is 37.4 Å². The molecule has 1 saturated carbocycles. The molecule has 0 unspecified atom stereocenters. The summed E-state index contributed by atoms with van der Waals surface area (Å²) in [4.78, 5) is 8.88. The van der Waals surface area contributed by atoms with Crippen LogP contribution in [-0.2, 0) is 0 Å². The van der Waals surface area contributed by atoms with Crippen molar-refractivity contribution < 1.29 is 26.7 Å². The molecule has 4 heterocycles. The number of alkyl halides is 5. The van der Waals surface area contributed by atoms with Crippen molar-refractivity contribution >= 4 is 11.5 Å². The molecule has 11 heteroatoms. The van der Waals surface area contributed by atoms with Gasteiger partial charge >= 0.3 is 6.18 Å². The Bertz CT molecular complexity index is 1140. The third kappa shape index (κ3) is 4.59. The molecule has 1 saturated heterocycles. The number of imidazole rings is 1. The van der Waals surface area contributed by atoms with E-state index in [1.165, 1.54) is 0 Å². The van der Waals surface area contributed by atoms with Crippen LogP contribution in [-0.4, -0.2) is 52.7 Å². The zero-order chi connectivity index (χ0) is 23.2. The van der Waals surface area contributed by atoms with Crippen LogP contribution in [0.5, 0.6) is 5.75 Å². The summed E-state index contributed by atoms with van der Waals surface area (Å²) in [7, 11) is 0. The van der Waals surface area contributed by atoms with Crippen molar-refractivity contribution in [1.82, 2.24) is 19.7 Å². The lowest BCUT2D eigenvalue weighted by molar-refractivity contribution is -0.170. The van der Waals surface area contributed by atoms with E-state index in [9.17, 15) is 22.0 Å². The molecular weight excluding hydrogens is 445 g/mol. The van der Waals surface area contributed by atoms with Crippen molar-refractivity contribution in [2.75, 3.05) is 25.0 Å². The van der Waals surface area contributed by atoms with Gasteiger partial charge in [-0.2, -0.15) is 13.2 Å². The van der Waals surface area contributed by atoms with Crippen LogP contribution < -0.4 is 15.4 Å². The molecule has 2 aliphatic rings. The molecule has 0 aromatic carbocycles. The van der Waals surface area contributed by atoms with E-state index in [4.69, 9.17) is 4.74 Å². The monoisotopic (exact) mass is 467 g/mol. The van der Waals surface area contributed by atoms with Gasteiger partial charge in [0.05, 0.1) is 29.5 Å². The van der Waals surface area contributed by atoms with Crippen molar-refractivity contribution in [1.29, 1.82) is 0 Å². The van der Waals surface area contributed by atoms with Gasteiger partial charge in [0.25, 0.3) is 6.43 Å². The quantitative estimate of drug-likeness (QED) is 0.502. The normalized spacial score (nSPS) is 21.2. The van der Waals surface area contributed by atoms with Gasteiger partial charge < -0.3 is 15.4 Å². The van der Waals surface area contributed by atoms with E-state index in [0.29, 0.717) is 28.6 Å². The van der Waals surface area contributed by atoms with E-state index >= 15 is 0 Å². The van der Waals surface area contributed by atoms with Gasteiger partial charge in [-0.05, 0) is 30.9 Å². The average molecular weight is 467 g/mol. The number of aromatic nitrogens is 3. The van der Waals surface area contributed by atoms with Gasteiger partial charge in [-0.25, -0.2) is 18.7 Å². The Hall–Kier alpha value is -2.95. The molecule has 33 heavy (non-hydrogen) atoms. The Morgan fingerprint density at radius 1 is 1.21 bits per heavy atom. The van der Waals surface area contributed by atoms with Crippen molar-refractivity contribution in [3.63, 3.8) is 0 Å². The number of nitrogens with one attached hydrogen (secondary N) is 2. The highest BCUT2D eigenvalue weighted by molar-refractivity contribution is 5.64. The zero-order valence-corrected chi connectivity index (χ0v) is 17.4. The summed E-state index contributed by atoms with van der Waals surface area (Å²) in [5, 5.41) is 5.69. The molecule has 2 atom stereocenters. The molecule has 5 rings (SSSR count). The highest BCUT2D eigenvalue weighted by Gasteiger charge is 2.47. The second kappa shape index (κ2) is 8.44. The average Bonchev–Trinajstić information content (AvgIpc) is 3.35. The molecule has 3 aromatic heterocycles. The number of fused-ring (bicyclic) bond motifs is 1. The standard InChI is InChI=1S/C22H22F5N5O/c23-19(24)11-33-18-6-21-29-9-17(32(21)10-13(18)12-4-5-12)15-2-1-3-20(30-15)31-16-8-28-7-14(16)22(25,26)27/h1-3,6,9-10,12,14,16,19,28H,4-5,7-8,11H2,(H,30,31)/t14-,16-/m0/s1. The lowest BCUT2D eigenvalue weighted by Crippen LogP contribution is -2.38. The number of pyridine rings is 2. The van der Waals surface area contributed by atoms with Crippen LogP contribution in [0.15, 0.2) is 36.7 Å². The van der Waals surface area contributed by atoms with E-state index in [-0.39, 0.29) is 19.0 Å². The van der Waals surface area contributed by atoms with Crippen LogP contribution in [0.1, 0.15) is 24.3 Å². The molecule has 0 amide bonds. The summed E-state index contributed by atoms with van der Waals surface area (Å²) in [6.45, 7) is -0.625. The molecule has 3 aromatic rings. The van der Waals surface area contributed by atoms with Gasteiger partial charge in [-0.3, -0.25) is 4.40 Å². The first-order valence-electron chi connectivity index (χ1n) is 10.7. The Kier molecular flexibility index (Phi) is 5.59. The first kappa shape index (κ1) is 21.9. The van der Waals surface area contributed by atoms with Gasteiger partial charge in [0, 0.05) is 30.9 Å². The predicted octanol–water partition coefficient (Wildman–Crippen LogP) is 4.48. The molecule has 0 radical (unpaired) electrons. The Balaban J connectivity index is 1.44. The summed E-state index contributed by atoms with van der Waals surface area (Å²) in [5.74, 6) is -0.513. The maximum absolute atomic E-state index is 13.3. The topological polar surface area (TPSA) is 63.5 Å². The van der Waals surface area contributed by atoms with E-state index in [1.807, 2.05) is 10.6 Å². The van der Waals surface area contributed by atoms with Crippen molar-refractivity contribution in [3.05, 3.63) is 42.2 Å². The smallest absolute Gasteiger partial charge is 0.395 e. The van der Waals surface area contributed by atoms with Gasteiger partial charge in [-0.1, -0.05) is 6.07 Å². The van der Waals surface area contributed by atoms with Crippen molar-refractivity contribution in [3.8, 4) is 17.1 Å². The summed E-state index contributed by atoms with van der Waals surface area (Å²) in [5.41, 5.74) is 2.52. The van der Waals surface area contributed by atoms with Crippen LogP contribution in [0, 0.1) is 5.92 Å². The summed E-state index contributed by atoms with van der Waals surface area (Å²) < 4.78 is 72.2. The highest BCUT2D eigenvalue weighted by Crippen LogP contribution is 2.45. The number of hydrogen-bond acceptors (Lipinski definition) is 5. The maximum Gasteiger partial charge on any atom is 0.395 e. The van der Waals surface area contributed by atoms with E-state index in [1.54, 1.807) is 30.5 Å². The number of nitrogens with zero attached hydrogens (tertiary/aromatic N) is 3. The SMILES string of the molecule is FC(F)COc1cc2ncc(-c3cccc(N[C@H]4CNC[C@@H]4C(F)(F)F)n3)n2cc1C1CC1. The number of hydrogen-bond donors (Lipinski definition) is 2. The number of anilines is 1. The van der Waals surface area contributed by atoms with Crippen LogP contribution in [0.3, 0.4) is 0 Å². The second-order valence-electron chi connectivity index (χ2n) is 8.41. The zero-order valence-electron chi connectivity index (χ0n) is 17.4. The minimum Gasteiger partial charge on any atom is -0.487 e. The lowest BCUT2D eigenvalue weighted by atomic mass is 10.0. The number of halogens is 5. The Labute approximate surface area is 186 Å². The minimum atomic E-state index is -4.30. The van der Waals surface area contributed by atoms with Crippen molar-refractivity contribution in [2.24, 2.45) is 5.92 Å². The second-order valence-corrected chi connectivity index (χ2v) is 8.41. The van der Waals surface area contributed by atoms with Gasteiger partial charge in [0.1, 0.15) is 23.8 Å². The summed E-state index contributed by atoms with van der Waals surface area (Å²) in [6, 6.07) is 5.92. The highest BCUT2D eigenvalue weighted by atomic mass is 19.4. The molecule has 0 spiro atoms. The number of ether oxygens (including phenoxy) is 1. The Morgan fingerprint density at radius 2 is 2.03 bits per heavy atom. The molecule has 6 nitrogen and oxygen atoms in total. The summed E-state index contributed by atoms with van der Waals surface area (Å²) in [6.07, 6.45) is -1.54. The largest absolute Gasteiger partial charge is 0.487 e. The predicted molar refractivity (Wildman–Crippen MR) is 112 cm³/mol. The Morgan fingerprint density at radius 3 is 2.76 bits per heavy atom. The van der Waals surface area contributed by atoms with E-state index < -0.39 is 31.2 Å². The summed E-state index contributed by atoms with van der Waals surface area (Å²) >= 11 is 0. The van der Waals surface area contributed by atoms with Crippen LogP contribution in [0.4, 0.5) is 27.8 Å². The molecule has 1 aliphatic heterocycles. The van der Waals surface area contributed by atoms with Crippen LogP contribution >= 0.6 is 0 Å². The number of rotatable bonds is 7. The third-order valence-corrected chi connectivity index (χ3v) is 6.00. The molecular formula is C22H22F5N5O. The van der Waals surface area contributed by atoms with Gasteiger partial charge in [0.2, 0.25) is 0 Å². The van der Waals surface area contributed by atoms with Gasteiger partial charge in [-0.15, -0.1) is 0 Å². The van der Waals surface area contributed by atoms with E-state index in [0.717, 1.165) is 18.4 Å². The first-order valence-corrected chi connectivity index (χ1v) is 10.7. The fourth-order valence-corrected chi connectivity index (χ4v) is 4.21.